The number of halogens is 2. The zero-order chi connectivity index (χ0) is 22.8. The second-order valence-electron chi connectivity index (χ2n) is 7.88. The molecule has 0 amide bonds. The number of aromatic amines is 1. The fourth-order valence-electron chi connectivity index (χ4n) is 3.94. The summed E-state index contributed by atoms with van der Waals surface area (Å²) in [5.74, 6) is 0.111. The van der Waals surface area contributed by atoms with E-state index in [1.54, 1.807) is 12.1 Å². The van der Waals surface area contributed by atoms with Gasteiger partial charge in [-0.15, -0.1) is 0 Å². The molecule has 1 aliphatic rings. The molecule has 3 N–H and O–H groups in total. The summed E-state index contributed by atoms with van der Waals surface area (Å²) in [7, 11) is 3.96. The molecule has 10 heteroatoms. The molecule has 4 rings (SSSR count). The van der Waals surface area contributed by atoms with Crippen LogP contribution in [0.4, 0.5) is 26.4 Å². The van der Waals surface area contributed by atoms with Crippen LogP contribution < -0.4 is 15.8 Å². The Morgan fingerprint density at radius 2 is 1.88 bits per heavy atom. The van der Waals surface area contributed by atoms with Gasteiger partial charge in [0.25, 0.3) is 5.56 Å². The van der Waals surface area contributed by atoms with Crippen molar-refractivity contribution in [3.8, 4) is 0 Å². The summed E-state index contributed by atoms with van der Waals surface area (Å²) >= 11 is 0. The van der Waals surface area contributed by atoms with E-state index in [0.29, 0.717) is 24.9 Å². The van der Waals surface area contributed by atoms with E-state index in [2.05, 4.69) is 25.2 Å². The van der Waals surface area contributed by atoms with Gasteiger partial charge in [-0.1, -0.05) is 12.1 Å². The van der Waals surface area contributed by atoms with Gasteiger partial charge in [0.2, 0.25) is 5.95 Å². The molecule has 8 nitrogen and oxygen atoms in total. The maximum atomic E-state index is 13.4. The van der Waals surface area contributed by atoms with Crippen molar-refractivity contribution in [2.45, 2.75) is 12.0 Å². The lowest BCUT2D eigenvalue weighted by atomic mass is 9.94. The Labute approximate surface area is 183 Å². The van der Waals surface area contributed by atoms with Crippen molar-refractivity contribution in [1.82, 2.24) is 19.9 Å². The van der Waals surface area contributed by atoms with Crippen molar-refractivity contribution in [3.63, 3.8) is 0 Å². The first kappa shape index (κ1) is 21.6. The molecule has 2 atom stereocenters. The van der Waals surface area contributed by atoms with Crippen LogP contribution in [0.5, 0.6) is 0 Å². The largest absolute Gasteiger partial charge is 0.340 e. The van der Waals surface area contributed by atoms with E-state index in [4.69, 9.17) is 5.41 Å². The maximum Gasteiger partial charge on any atom is 0.263 e. The fourth-order valence-corrected chi connectivity index (χ4v) is 3.94. The van der Waals surface area contributed by atoms with Crippen LogP contribution >= 0.6 is 0 Å². The van der Waals surface area contributed by atoms with Crippen LogP contribution in [0, 0.1) is 17.0 Å². The summed E-state index contributed by atoms with van der Waals surface area (Å²) in [6.45, 7) is 1.16. The number of hydrogen-bond donors (Lipinski definition) is 3. The Hall–Kier alpha value is -3.66. The topological polar surface area (TPSA) is 101 Å². The minimum absolute atomic E-state index is 0.0401. The summed E-state index contributed by atoms with van der Waals surface area (Å²) in [6.07, 6.45) is 1.96. The number of anilines is 3. The Bertz CT molecular complexity index is 1160. The van der Waals surface area contributed by atoms with Crippen molar-refractivity contribution < 1.29 is 8.78 Å². The Kier molecular flexibility index (Phi) is 5.95. The SMILES string of the molecule is CN(C)[C@H]1CN(c2nc(Nc3ccc(F)cn3)c(C=N)c(=O)[nH]2)C[C@@H]1c1ccc(F)cc1. The lowest BCUT2D eigenvalue weighted by Gasteiger charge is -2.25. The van der Waals surface area contributed by atoms with Crippen molar-refractivity contribution in [1.29, 1.82) is 5.41 Å². The molecule has 3 aromatic rings. The monoisotopic (exact) mass is 439 g/mol. The highest BCUT2D eigenvalue weighted by molar-refractivity contribution is 5.85. The van der Waals surface area contributed by atoms with Gasteiger partial charge in [0, 0.05) is 31.3 Å². The Balaban J connectivity index is 1.67. The predicted octanol–water partition coefficient (Wildman–Crippen LogP) is 2.72. The zero-order valence-corrected chi connectivity index (χ0v) is 17.6. The van der Waals surface area contributed by atoms with E-state index in [1.165, 1.54) is 24.3 Å². The third-order valence-corrected chi connectivity index (χ3v) is 5.61. The van der Waals surface area contributed by atoms with Crippen LogP contribution in [0.15, 0.2) is 47.4 Å². The van der Waals surface area contributed by atoms with Crippen LogP contribution in [0.25, 0.3) is 0 Å². The summed E-state index contributed by atoms with van der Waals surface area (Å²) in [5, 5.41) is 10.5. The van der Waals surface area contributed by atoms with E-state index in [9.17, 15) is 13.6 Å². The van der Waals surface area contributed by atoms with Crippen molar-refractivity contribution in [2.75, 3.05) is 37.4 Å². The number of nitrogens with one attached hydrogen (secondary N) is 3. The number of aromatic nitrogens is 3. The maximum absolute atomic E-state index is 13.4. The molecular weight excluding hydrogens is 416 g/mol. The molecule has 0 spiro atoms. The number of H-pyrrole nitrogens is 1. The fraction of sp³-hybridized carbons (Fsp3) is 0.273. The Morgan fingerprint density at radius 1 is 1.16 bits per heavy atom. The third-order valence-electron chi connectivity index (χ3n) is 5.61. The minimum Gasteiger partial charge on any atom is -0.340 e. The molecule has 0 unspecified atom stereocenters. The molecular formula is C22H23F2N7O. The van der Waals surface area contributed by atoms with Gasteiger partial charge >= 0.3 is 0 Å². The van der Waals surface area contributed by atoms with Crippen LogP contribution in [-0.2, 0) is 0 Å². The van der Waals surface area contributed by atoms with Crippen LogP contribution in [0.2, 0.25) is 0 Å². The summed E-state index contributed by atoms with van der Waals surface area (Å²) in [5.41, 5.74) is 0.569. The van der Waals surface area contributed by atoms with Crippen molar-refractivity contribution >= 4 is 23.8 Å². The molecule has 1 saturated heterocycles. The van der Waals surface area contributed by atoms with Gasteiger partial charge in [-0.3, -0.25) is 9.78 Å². The normalized spacial score (nSPS) is 18.2. The van der Waals surface area contributed by atoms with Gasteiger partial charge in [0.15, 0.2) is 0 Å². The number of hydrogen-bond acceptors (Lipinski definition) is 7. The molecule has 166 valence electrons. The van der Waals surface area contributed by atoms with E-state index in [1.807, 2.05) is 19.0 Å². The molecule has 0 bridgehead atoms. The van der Waals surface area contributed by atoms with Crippen molar-refractivity contribution in [3.05, 3.63) is 75.7 Å². The molecule has 0 saturated carbocycles. The number of nitrogens with zero attached hydrogens (tertiary/aromatic N) is 4. The van der Waals surface area contributed by atoms with Gasteiger partial charge in [0.1, 0.15) is 28.8 Å². The highest BCUT2D eigenvalue weighted by Crippen LogP contribution is 2.32. The van der Waals surface area contributed by atoms with E-state index in [0.717, 1.165) is 18.0 Å². The molecule has 0 radical (unpaired) electrons. The standard InChI is InChI=1S/C22H23F2N7O/c1-30(2)18-12-31(11-17(18)13-3-5-14(23)6-4-13)22-28-20(16(9-25)21(32)29-22)27-19-8-7-15(24)10-26-19/h3-10,17-18,25H,11-12H2,1-2H3,(H2,26,27,28,29,32)/t17-,18+/m1/s1. The summed E-state index contributed by atoms with van der Waals surface area (Å²) in [4.78, 5) is 27.9. The lowest BCUT2D eigenvalue weighted by Crippen LogP contribution is -2.35. The summed E-state index contributed by atoms with van der Waals surface area (Å²) in [6, 6.07) is 9.23. The molecule has 1 aromatic carbocycles. The average molecular weight is 439 g/mol. The Morgan fingerprint density at radius 3 is 2.50 bits per heavy atom. The number of pyridine rings is 1. The van der Waals surface area contributed by atoms with Gasteiger partial charge in [-0.2, -0.15) is 4.98 Å². The summed E-state index contributed by atoms with van der Waals surface area (Å²) < 4.78 is 26.6. The molecule has 32 heavy (non-hydrogen) atoms. The van der Waals surface area contributed by atoms with Gasteiger partial charge < -0.3 is 20.5 Å². The van der Waals surface area contributed by atoms with Crippen LogP contribution in [-0.4, -0.2) is 59.3 Å². The minimum atomic E-state index is -0.485. The van der Waals surface area contributed by atoms with E-state index in [-0.39, 0.29) is 29.2 Å². The zero-order valence-electron chi connectivity index (χ0n) is 17.6. The molecule has 1 aliphatic heterocycles. The van der Waals surface area contributed by atoms with Crippen LogP contribution in [0.1, 0.15) is 17.0 Å². The molecule has 2 aromatic heterocycles. The predicted molar refractivity (Wildman–Crippen MR) is 119 cm³/mol. The number of rotatable bonds is 6. The van der Waals surface area contributed by atoms with Crippen LogP contribution in [0.3, 0.4) is 0 Å². The first-order valence-electron chi connectivity index (χ1n) is 10.1. The molecule has 1 fully saturated rings. The second kappa shape index (κ2) is 8.83. The smallest absolute Gasteiger partial charge is 0.263 e. The third kappa shape index (κ3) is 4.35. The number of likely N-dealkylation sites (N-methyl/N-ethyl adjacent to an activating group) is 1. The second-order valence-corrected chi connectivity index (χ2v) is 7.88. The van der Waals surface area contributed by atoms with E-state index < -0.39 is 11.4 Å². The first-order valence-corrected chi connectivity index (χ1v) is 10.1. The van der Waals surface area contributed by atoms with Gasteiger partial charge in [-0.05, 0) is 43.9 Å². The lowest BCUT2D eigenvalue weighted by molar-refractivity contribution is 0.292. The molecule has 3 heterocycles. The highest BCUT2D eigenvalue weighted by atomic mass is 19.1. The van der Waals surface area contributed by atoms with Crippen molar-refractivity contribution in [2.24, 2.45) is 0 Å². The van der Waals surface area contributed by atoms with Gasteiger partial charge in [0.05, 0.1) is 6.20 Å². The quantitative estimate of drug-likeness (QED) is 0.511. The average Bonchev–Trinajstić information content (AvgIpc) is 3.22. The molecule has 0 aliphatic carbocycles. The first-order chi connectivity index (χ1) is 15.4. The van der Waals surface area contributed by atoms with Gasteiger partial charge in [-0.25, -0.2) is 13.8 Å². The highest BCUT2D eigenvalue weighted by Gasteiger charge is 2.36. The van der Waals surface area contributed by atoms with E-state index >= 15 is 0 Å². The number of benzene rings is 1.